The van der Waals surface area contributed by atoms with Crippen LogP contribution in [0.4, 0.5) is 5.69 Å². The second-order valence-corrected chi connectivity index (χ2v) is 6.29. The van der Waals surface area contributed by atoms with Crippen molar-refractivity contribution in [2.75, 3.05) is 19.0 Å². The van der Waals surface area contributed by atoms with Gasteiger partial charge in [0.25, 0.3) is 5.91 Å². The molecule has 25 heavy (non-hydrogen) atoms. The summed E-state index contributed by atoms with van der Waals surface area (Å²) in [6, 6.07) is 11.4. The number of ether oxygens (including phenoxy) is 1. The number of amides is 2. The zero-order chi connectivity index (χ0) is 18.0. The quantitative estimate of drug-likeness (QED) is 0.935. The molecule has 0 fully saturated rings. The number of benzene rings is 2. The molecule has 0 atom stereocenters. The Morgan fingerprint density at radius 2 is 2.00 bits per heavy atom. The largest absolute Gasteiger partial charge is 0.496 e. The molecule has 5 heteroatoms. The molecule has 2 amide bonds. The summed E-state index contributed by atoms with van der Waals surface area (Å²) in [6.07, 6.45) is 0.773. The fourth-order valence-corrected chi connectivity index (χ4v) is 3.24. The van der Waals surface area contributed by atoms with E-state index in [1.54, 1.807) is 13.2 Å². The molecule has 0 saturated heterocycles. The van der Waals surface area contributed by atoms with E-state index in [9.17, 15) is 9.59 Å². The van der Waals surface area contributed by atoms with Crippen LogP contribution >= 0.6 is 0 Å². The van der Waals surface area contributed by atoms with E-state index < -0.39 is 0 Å². The van der Waals surface area contributed by atoms with Crippen molar-refractivity contribution in [2.24, 2.45) is 0 Å². The lowest BCUT2D eigenvalue weighted by Gasteiger charge is -2.30. The number of carbonyl (C=O) groups is 2. The molecule has 0 bridgehead atoms. The van der Waals surface area contributed by atoms with Crippen LogP contribution in [0.15, 0.2) is 36.4 Å². The smallest absolute Gasteiger partial charge is 0.254 e. The lowest BCUT2D eigenvalue weighted by atomic mass is 9.97. The predicted octanol–water partition coefficient (Wildman–Crippen LogP) is 3.16. The van der Waals surface area contributed by atoms with E-state index in [0.29, 0.717) is 24.3 Å². The number of hydrogen-bond donors (Lipinski definition) is 1. The van der Waals surface area contributed by atoms with Gasteiger partial charge in [-0.1, -0.05) is 18.2 Å². The lowest BCUT2D eigenvalue weighted by molar-refractivity contribution is -0.114. The summed E-state index contributed by atoms with van der Waals surface area (Å²) >= 11 is 0. The van der Waals surface area contributed by atoms with Gasteiger partial charge in [-0.3, -0.25) is 9.59 Å². The van der Waals surface area contributed by atoms with Crippen LogP contribution in [0, 0.1) is 6.92 Å². The van der Waals surface area contributed by atoms with E-state index in [-0.39, 0.29) is 11.8 Å². The van der Waals surface area contributed by atoms with Gasteiger partial charge in [-0.05, 0) is 42.7 Å². The molecule has 1 aliphatic heterocycles. The Bertz CT molecular complexity index is 830. The Balaban J connectivity index is 1.86. The van der Waals surface area contributed by atoms with Crippen molar-refractivity contribution < 1.29 is 14.3 Å². The Kier molecular flexibility index (Phi) is 4.74. The first kappa shape index (κ1) is 17.0. The molecular formula is C20H22N2O3. The number of methoxy groups -OCH3 is 1. The molecule has 0 unspecified atom stereocenters. The maximum absolute atomic E-state index is 13.0. The minimum atomic E-state index is -0.152. The summed E-state index contributed by atoms with van der Waals surface area (Å²) in [5.41, 5.74) is 4.46. The number of hydrogen-bond acceptors (Lipinski definition) is 3. The summed E-state index contributed by atoms with van der Waals surface area (Å²) in [7, 11) is 1.67. The Morgan fingerprint density at radius 3 is 2.72 bits per heavy atom. The highest BCUT2D eigenvalue weighted by molar-refractivity contribution is 5.98. The van der Waals surface area contributed by atoms with Gasteiger partial charge in [-0.25, -0.2) is 0 Å². The number of rotatable bonds is 3. The van der Waals surface area contributed by atoms with Gasteiger partial charge in [0.15, 0.2) is 0 Å². The zero-order valence-corrected chi connectivity index (χ0v) is 14.8. The lowest BCUT2D eigenvalue weighted by Crippen LogP contribution is -2.36. The van der Waals surface area contributed by atoms with Crippen molar-refractivity contribution in [3.8, 4) is 5.75 Å². The summed E-state index contributed by atoms with van der Waals surface area (Å²) in [4.78, 5) is 26.1. The maximum Gasteiger partial charge on any atom is 0.254 e. The third-order valence-electron chi connectivity index (χ3n) is 4.52. The fourth-order valence-electron chi connectivity index (χ4n) is 3.24. The van der Waals surface area contributed by atoms with Gasteiger partial charge in [0.1, 0.15) is 5.75 Å². The standard InChI is InChI=1S/C20H22N2O3/c1-13-7-8-16(21-14(2)23)11-18(13)20(24)22-10-9-17-15(12-22)5-4-6-19(17)25-3/h4-8,11H,9-10,12H2,1-3H3,(H,21,23). The molecule has 2 aromatic carbocycles. The van der Waals surface area contributed by atoms with E-state index in [2.05, 4.69) is 5.32 Å². The summed E-state index contributed by atoms with van der Waals surface area (Å²) in [5, 5.41) is 2.73. The van der Waals surface area contributed by atoms with Crippen LogP contribution in [0.3, 0.4) is 0 Å². The van der Waals surface area contributed by atoms with Crippen molar-refractivity contribution in [1.82, 2.24) is 4.90 Å². The third kappa shape index (κ3) is 3.50. The normalized spacial score (nSPS) is 13.2. The average molecular weight is 338 g/mol. The number of anilines is 1. The number of aryl methyl sites for hydroxylation is 1. The molecule has 1 heterocycles. The SMILES string of the molecule is COc1cccc2c1CCN(C(=O)c1cc(NC(C)=O)ccc1C)C2. The van der Waals surface area contributed by atoms with Crippen LogP contribution in [0.1, 0.15) is 34.0 Å². The van der Waals surface area contributed by atoms with E-state index in [0.717, 1.165) is 23.3 Å². The van der Waals surface area contributed by atoms with Gasteiger partial charge in [0.2, 0.25) is 5.91 Å². The van der Waals surface area contributed by atoms with Crippen LogP contribution in [0.5, 0.6) is 5.75 Å². The highest BCUT2D eigenvalue weighted by Crippen LogP contribution is 2.29. The van der Waals surface area contributed by atoms with Gasteiger partial charge in [-0.2, -0.15) is 0 Å². The molecule has 5 nitrogen and oxygen atoms in total. The summed E-state index contributed by atoms with van der Waals surface area (Å²) in [6.45, 7) is 4.58. The van der Waals surface area contributed by atoms with Crippen molar-refractivity contribution in [3.63, 3.8) is 0 Å². The maximum atomic E-state index is 13.0. The molecule has 0 spiro atoms. The van der Waals surface area contributed by atoms with E-state index >= 15 is 0 Å². The number of fused-ring (bicyclic) bond motifs is 1. The first-order chi connectivity index (χ1) is 12.0. The van der Waals surface area contributed by atoms with Crippen molar-refractivity contribution >= 4 is 17.5 Å². The number of carbonyl (C=O) groups excluding carboxylic acids is 2. The van der Waals surface area contributed by atoms with Crippen LogP contribution in [-0.2, 0) is 17.8 Å². The molecule has 0 aliphatic carbocycles. The van der Waals surface area contributed by atoms with E-state index in [1.165, 1.54) is 12.5 Å². The fraction of sp³-hybridized carbons (Fsp3) is 0.300. The molecule has 3 rings (SSSR count). The van der Waals surface area contributed by atoms with Crippen molar-refractivity contribution in [3.05, 3.63) is 58.7 Å². The molecule has 0 saturated carbocycles. The van der Waals surface area contributed by atoms with Gasteiger partial charge in [0, 0.05) is 36.8 Å². The van der Waals surface area contributed by atoms with Gasteiger partial charge in [0.05, 0.1) is 7.11 Å². The Hall–Kier alpha value is -2.82. The van der Waals surface area contributed by atoms with Gasteiger partial charge in [-0.15, -0.1) is 0 Å². The van der Waals surface area contributed by atoms with E-state index in [4.69, 9.17) is 4.74 Å². The summed E-state index contributed by atoms with van der Waals surface area (Å²) < 4.78 is 5.42. The zero-order valence-electron chi connectivity index (χ0n) is 14.8. The van der Waals surface area contributed by atoms with Crippen molar-refractivity contribution in [1.29, 1.82) is 0 Å². The molecule has 0 radical (unpaired) electrons. The number of nitrogens with one attached hydrogen (secondary N) is 1. The summed E-state index contributed by atoms with van der Waals surface area (Å²) in [5.74, 6) is 0.716. The minimum Gasteiger partial charge on any atom is -0.496 e. The van der Waals surface area contributed by atoms with Gasteiger partial charge < -0.3 is 15.0 Å². The van der Waals surface area contributed by atoms with Crippen LogP contribution < -0.4 is 10.1 Å². The third-order valence-corrected chi connectivity index (χ3v) is 4.52. The topological polar surface area (TPSA) is 58.6 Å². The highest BCUT2D eigenvalue weighted by Gasteiger charge is 2.24. The second-order valence-electron chi connectivity index (χ2n) is 6.29. The highest BCUT2D eigenvalue weighted by atomic mass is 16.5. The molecule has 2 aromatic rings. The molecular weight excluding hydrogens is 316 g/mol. The first-order valence-corrected chi connectivity index (χ1v) is 8.32. The first-order valence-electron chi connectivity index (χ1n) is 8.32. The number of nitrogens with zero attached hydrogens (tertiary/aromatic N) is 1. The van der Waals surface area contributed by atoms with Crippen molar-refractivity contribution in [2.45, 2.75) is 26.8 Å². The minimum absolute atomic E-state index is 0.0156. The molecule has 1 N–H and O–H groups in total. The molecule has 130 valence electrons. The van der Waals surface area contributed by atoms with Gasteiger partial charge >= 0.3 is 0 Å². The monoisotopic (exact) mass is 338 g/mol. The molecule has 1 aliphatic rings. The second kappa shape index (κ2) is 6.97. The average Bonchev–Trinajstić information content (AvgIpc) is 2.61. The molecule has 0 aromatic heterocycles. The predicted molar refractivity (Wildman–Crippen MR) is 96.9 cm³/mol. The van der Waals surface area contributed by atoms with E-state index in [1.807, 2.05) is 42.2 Å². The Morgan fingerprint density at radius 1 is 1.20 bits per heavy atom. The van der Waals surface area contributed by atoms with Crippen LogP contribution in [0.25, 0.3) is 0 Å². The Labute approximate surface area is 147 Å². The van der Waals surface area contributed by atoms with Crippen LogP contribution in [0.2, 0.25) is 0 Å². The van der Waals surface area contributed by atoms with Crippen LogP contribution in [-0.4, -0.2) is 30.4 Å².